The first-order valence-electron chi connectivity index (χ1n) is 7.15. The third-order valence-electron chi connectivity index (χ3n) is 2.68. The Kier molecular flexibility index (Phi) is 15.6. The van der Waals surface area contributed by atoms with Gasteiger partial charge in [-0.15, -0.1) is 24.0 Å². The van der Waals surface area contributed by atoms with Crippen LogP contribution in [0.4, 0.5) is 13.2 Å². The zero-order valence-corrected chi connectivity index (χ0v) is 15.8. The molecule has 5 nitrogen and oxygen atoms in total. The normalized spacial score (nSPS) is 12.2. The first-order valence-corrected chi connectivity index (χ1v) is 7.15. The molecule has 0 rings (SSSR count). The maximum absolute atomic E-state index is 12.1. The van der Waals surface area contributed by atoms with Crippen LogP contribution in [0.2, 0.25) is 0 Å². The van der Waals surface area contributed by atoms with Gasteiger partial charge in [0.15, 0.2) is 5.96 Å². The van der Waals surface area contributed by atoms with Gasteiger partial charge in [0.2, 0.25) is 0 Å². The number of alkyl halides is 3. The predicted octanol–water partition coefficient (Wildman–Crippen LogP) is 2.08. The van der Waals surface area contributed by atoms with Gasteiger partial charge in [-0.3, -0.25) is 4.99 Å². The molecule has 0 aliphatic heterocycles. The van der Waals surface area contributed by atoms with E-state index in [1.54, 1.807) is 7.11 Å². The Morgan fingerprint density at radius 2 is 1.91 bits per heavy atom. The van der Waals surface area contributed by atoms with E-state index in [0.29, 0.717) is 19.0 Å². The van der Waals surface area contributed by atoms with Crippen LogP contribution < -0.4 is 10.6 Å². The van der Waals surface area contributed by atoms with Crippen molar-refractivity contribution in [3.05, 3.63) is 0 Å². The molecular weight excluding hydrogens is 412 g/mol. The van der Waals surface area contributed by atoms with Crippen molar-refractivity contribution >= 4 is 29.9 Å². The van der Waals surface area contributed by atoms with Crippen molar-refractivity contribution in [1.82, 2.24) is 15.5 Å². The minimum Gasteiger partial charge on any atom is -0.385 e. The molecule has 0 aromatic rings. The fraction of sp³-hybridized carbons (Fsp3) is 0.923. The average Bonchev–Trinajstić information content (AvgIpc) is 2.37. The monoisotopic (exact) mass is 440 g/mol. The number of halogens is 4. The highest BCUT2D eigenvalue weighted by Gasteiger charge is 2.26. The molecule has 0 atom stereocenters. The number of likely N-dealkylation sites (N-methyl/N-ethyl adjacent to an activating group) is 1. The summed E-state index contributed by atoms with van der Waals surface area (Å²) in [5, 5.41) is 5.95. The van der Waals surface area contributed by atoms with Crippen LogP contribution in [0.15, 0.2) is 4.99 Å². The maximum Gasteiger partial charge on any atom is 0.390 e. The van der Waals surface area contributed by atoms with Crippen LogP contribution >= 0.6 is 24.0 Å². The summed E-state index contributed by atoms with van der Waals surface area (Å²) in [6.45, 7) is 5.27. The zero-order chi connectivity index (χ0) is 16.1. The summed E-state index contributed by atoms with van der Waals surface area (Å²) in [7, 11) is 3.66. The Labute approximate surface area is 148 Å². The molecule has 0 fully saturated rings. The molecule has 0 saturated carbocycles. The number of aliphatic imine (C=N–C) groups is 1. The number of guanidine groups is 1. The number of hydrogen-bond acceptors (Lipinski definition) is 3. The number of nitrogens with one attached hydrogen (secondary N) is 2. The molecule has 134 valence electrons. The van der Waals surface area contributed by atoms with Gasteiger partial charge in [0, 0.05) is 39.9 Å². The molecule has 0 heterocycles. The van der Waals surface area contributed by atoms with Crippen molar-refractivity contribution in [3.8, 4) is 0 Å². The lowest BCUT2D eigenvalue weighted by molar-refractivity contribution is -0.132. The lowest BCUT2D eigenvalue weighted by Gasteiger charge is -2.18. The summed E-state index contributed by atoms with van der Waals surface area (Å²) in [5.74, 6) is 0.423. The average molecular weight is 440 g/mol. The second-order valence-corrected chi connectivity index (χ2v) is 4.70. The van der Waals surface area contributed by atoms with Gasteiger partial charge >= 0.3 is 6.18 Å². The quantitative estimate of drug-likeness (QED) is 0.237. The van der Waals surface area contributed by atoms with Crippen molar-refractivity contribution in [2.24, 2.45) is 4.99 Å². The number of hydrogen-bond donors (Lipinski definition) is 2. The van der Waals surface area contributed by atoms with Gasteiger partial charge in [-0.1, -0.05) is 0 Å². The smallest absolute Gasteiger partial charge is 0.385 e. The van der Waals surface area contributed by atoms with E-state index < -0.39 is 12.6 Å². The molecule has 0 radical (unpaired) electrons. The molecule has 0 saturated heterocycles. The highest BCUT2D eigenvalue weighted by atomic mass is 127. The van der Waals surface area contributed by atoms with Crippen molar-refractivity contribution in [2.75, 3.05) is 53.5 Å². The molecule has 2 N–H and O–H groups in total. The molecule has 0 unspecified atom stereocenters. The Morgan fingerprint density at radius 1 is 1.23 bits per heavy atom. The molecule has 0 aliphatic carbocycles. The van der Waals surface area contributed by atoms with Gasteiger partial charge in [-0.2, -0.15) is 13.2 Å². The molecule has 22 heavy (non-hydrogen) atoms. The van der Waals surface area contributed by atoms with Crippen LogP contribution in [0.3, 0.4) is 0 Å². The second kappa shape index (κ2) is 14.3. The minimum atomic E-state index is -4.16. The van der Waals surface area contributed by atoms with Gasteiger partial charge in [-0.05, 0) is 20.4 Å². The topological polar surface area (TPSA) is 48.9 Å². The molecule has 0 bridgehead atoms. The molecule has 0 spiro atoms. The highest BCUT2D eigenvalue weighted by Crippen LogP contribution is 2.18. The predicted molar refractivity (Wildman–Crippen MR) is 94.1 cm³/mol. The molecule has 0 aromatic heterocycles. The lowest BCUT2D eigenvalue weighted by atomic mass is 10.4. The molecule has 9 heteroatoms. The minimum absolute atomic E-state index is 0. The Balaban J connectivity index is 0. The number of rotatable bonds is 10. The fourth-order valence-corrected chi connectivity index (χ4v) is 1.59. The third kappa shape index (κ3) is 16.1. The van der Waals surface area contributed by atoms with Crippen LogP contribution in [-0.2, 0) is 4.74 Å². The summed E-state index contributed by atoms with van der Waals surface area (Å²) in [5.41, 5.74) is 0. The summed E-state index contributed by atoms with van der Waals surface area (Å²) in [6, 6.07) is 0. The Bertz CT molecular complexity index is 291. The maximum atomic E-state index is 12.1. The van der Waals surface area contributed by atoms with Crippen LogP contribution in [0.5, 0.6) is 0 Å². The summed E-state index contributed by atoms with van der Waals surface area (Å²) >= 11 is 0. The molecule has 0 aromatic carbocycles. The summed E-state index contributed by atoms with van der Waals surface area (Å²) in [6.07, 6.45) is -4.12. The fourth-order valence-electron chi connectivity index (χ4n) is 1.59. The second-order valence-electron chi connectivity index (χ2n) is 4.70. The van der Waals surface area contributed by atoms with E-state index in [-0.39, 0.29) is 30.5 Å². The summed E-state index contributed by atoms with van der Waals surface area (Å²) < 4.78 is 41.2. The number of nitrogens with zero attached hydrogens (tertiary/aromatic N) is 2. The molecule has 0 aliphatic rings. The number of methoxy groups -OCH3 is 1. The van der Waals surface area contributed by atoms with Crippen LogP contribution in [0, 0.1) is 0 Å². The number of ether oxygens (including phenoxy) is 1. The van der Waals surface area contributed by atoms with Gasteiger partial charge in [0.05, 0.1) is 13.0 Å². The lowest BCUT2D eigenvalue weighted by Crippen LogP contribution is -2.41. The van der Waals surface area contributed by atoms with Crippen LogP contribution in [0.25, 0.3) is 0 Å². The van der Waals surface area contributed by atoms with E-state index in [4.69, 9.17) is 4.74 Å². The standard InChI is InChI=1S/C13H27F3N4O.HI/c1-4-17-12(18-7-6-13(14,15)16)19-8-10-20(2)9-5-11-21-3;/h4-11H2,1-3H3,(H2,17,18,19);1H. The Morgan fingerprint density at radius 3 is 2.45 bits per heavy atom. The molecule has 0 amide bonds. The van der Waals surface area contributed by atoms with Crippen LogP contribution in [0.1, 0.15) is 19.8 Å². The third-order valence-corrected chi connectivity index (χ3v) is 2.68. The van der Waals surface area contributed by atoms with Crippen molar-refractivity contribution in [2.45, 2.75) is 25.9 Å². The van der Waals surface area contributed by atoms with E-state index in [1.807, 2.05) is 14.0 Å². The highest BCUT2D eigenvalue weighted by molar-refractivity contribution is 14.0. The van der Waals surface area contributed by atoms with Crippen molar-refractivity contribution in [1.29, 1.82) is 0 Å². The van der Waals surface area contributed by atoms with Gasteiger partial charge < -0.3 is 20.3 Å². The van der Waals surface area contributed by atoms with Gasteiger partial charge in [-0.25, -0.2) is 0 Å². The SMILES string of the molecule is CCNC(=NCCC(F)(F)F)NCCN(C)CCCOC.I. The van der Waals surface area contributed by atoms with E-state index in [0.717, 1.165) is 26.1 Å². The van der Waals surface area contributed by atoms with Crippen molar-refractivity contribution in [3.63, 3.8) is 0 Å². The zero-order valence-electron chi connectivity index (χ0n) is 13.5. The van der Waals surface area contributed by atoms with E-state index in [2.05, 4.69) is 20.5 Å². The summed E-state index contributed by atoms with van der Waals surface area (Å²) in [4.78, 5) is 6.04. The first kappa shape index (κ1) is 24.0. The Hall–Kier alpha value is -0.290. The molecular formula is C13H28F3IN4O. The van der Waals surface area contributed by atoms with Gasteiger partial charge in [0.1, 0.15) is 0 Å². The van der Waals surface area contributed by atoms with Crippen molar-refractivity contribution < 1.29 is 17.9 Å². The first-order chi connectivity index (χ1) is 9.89. The van der Waals surface area contributed by atoms with E-state index >= 15 is 0 Å². The van der Waals surface area contributed by atoms with E-state index in [9.17, 15) is 13.2 Å². The largest absolute Gasteiger partial charge is 0.390 e. The van der Waals surface area contributed by atoms with Crippen LogP contribution in [-0.4, -0.2) is 70.5 Å². The van der Waals surface area contributed by atoms with E-state index in [1.165, 1.54) is 0 Å². The van der Waals surface area contributed by atoms with Gasteiger partial charge in [0.25, 0.3) is 0 Å².